The summed E-state index contributed by atoms with van der Waals surface area (Å²) in [4.78, 5) is 66.6. The average molecular weight is 595 g/mol. The van der Waals surface area contributed by atoms with Gasteiger partial charge in [0.2, 0.25) is 18.6 Å². The van der Waals surface area contributed by atoms with Crippen LogP contribution in [0.15, 0.2) is 0 Å². The lowest BCUT2D eigenvalue weighted by Gasteiger charge is -2.23. The molecule has 0 radical (unpaired) electrons. The first-order valence-corrected chi connectivity index (χ1v) is 12.4. The highest BCUT2D eigenvalue weighted by Gasteiger charge is 2.57. The van der Waals surface area contributed by atoms with E-state index in [-0.39, 0.29) is 13.2 Å². The van der Waals surface area contributed by atoms with Crippen molar-refractivity contribution in [2.75, 3.05) is 13.2 Å². The number of rotatable bonds is 8. The largest absolute Gasteiger partial charge is 0.463 e. The third-order valence-corrected chi connectivity index (χ3v) is 5.15. The van der Waals surface area contributed by atoms with Crippen molar-refractivity contribution in [3.63, 3.8) is 0 Å². The molecule has 0 saturated carbocycles. The van der Waals surface area contributed by atoms with Gasteiger partial charge in [0.1, 0.15) is 34.3 Å². The number of hydrogen-bond donors (Lipinski definition) is 0. The van der Waals surface area contributed by atoms with Crippen LogP contribution in [0.5, 0.6) is 0 Å². The van der Waals surface area contributed by atoms with Crippen molar-refractivity contribution in [3.05, 3.63) is 0 Å². The second kappa shape index (κ2) is 14.5. The van der Waals surface area contributed by atoms with Crippen LogP contribution in [0.2, 0.25) is 0 Å². The number of fused-ring (bicyclic) bond motifs is 1. The molecule has 3 aliphatic heterocycles. The Balaban J connectivity index is 0.000000303. The summed E-state index contributed by atoms with van der Waals surface area (Å²) in [6.07, 6.45) is -10.7. The summed E-state index contributed by atoms with van der Waals surface area (Å²) in [6.45, 7) is 9.68. The first-order valence-electron chi connectivity index (χ1n) is 13.4. The van der Waals surface area contributed by atoms with Gasteiger partial charge < -0.3 is 47.4 Å². The molecule has 0 N–H and O–H groups in total. The van der Waals surface area contributed by atoms with E-state index in [0.29, 0.717) is 0 Å². The lowest BCUT2D eigenvalue weighted by molar-refractivity contribution is -0.234. The molecule has 3 heterocycles. The normalized spacial score (nSPS) is 35.3. The standard InChI is InChI=1S/C13H18O9.C12H18O7/c1-6(14)18-5-10-11(19-7(2)15)12(20-8(3)16)13(22-10)21-9(4)17;1-6(13)15-5-8-9-10(19-12(3,4)18-9)11(17-8)16-7(2)14/h10-13H,5H2,1-4H3;8-11H,5H2,1-4H3/t10-,11-,12-,13?;8-,9-,10-,11?/m11/s1/i13D;11D. The predicted molar refractivity (Wildman–Crippen MR) is 129 cm³/mol. The van der Waals surface area contributed by atoms with Gasteiger partial charge >= 0.3 is 35.8 Å². The summed E-state index contributed by atoms with van der Waals surface area (Å²) in [5, 5.41) is 0. The minimum Gasteiger partial charge on any atom is -0.463 e. The van der Waals surface area contributed by atoms with Crippen molar-refractivity contribution >= 4 is 35.8 Å². The fraction of sp³-hybridized carbons (Fsp3) is 0.760. The van der Waals surface area contributed by atoms with Gasteiger partial charge in [0, 0.05) is 41.5 Å². The molecule has 0 amide bonds. The van der Waals surface area contributed by atoms with E-state index in [1.165, 1.54) is 13.8 Å². The Morgan fingerprint density at radius 3 is 1.49 bits per heavy atom. The minimum absolute atomic E-state index is 0.0994. The fourth-order valence-corrected chi connectivity index (χ4v) is 3.87. The molecular weight excluding hydrogens is 556 g/mol. The monoisotopic (exact) mass is 594 g/mol. The van der Waals surface area contributed by atoms with Gasteiger partial charge in [-0.3, -0.25) is 28.8 Å². The topological polar surface area (TPSA) is 195 Å². The molecule has 0 aromatic carbocycles. The molecule has 41 heavy (non-hydrogen) atoms. The second-order valence-electron chi connectivity index (χ2n) is 9.37. The molecule has 16 heteroatoms. The van der Waals surface area contributed by atoms with Gasteiger partial charge in [-0.25, -0.2) is 0 Å². The number of carbonyl (C=O) groups excluding carboxylic acids is 6. The van der Waals surface area contributed by atoms with Gasteiger partial charge in [-0.2, -0.15) is 0 Å². The molecule has 3 fully saturated rings. The van der Waals surface area contributed by atoms with E-state index >= 15 is 0 Å². The summed E-state index contributed by atoms with van der Waals surface area (Å²) >= 11 is 0. The number of carbonyl (C=O) groups is 6. The molecule has 0 aromatic rings. The third-order valence-electron chi connectivity index (χ3n) is 5.15. The van der Waals surface area contributed by atoms with Crippen LogP contribution in [0, 0.1) is 0 Å². The number of esters is 6. The Morgan fingerprint density at radius 2 is 1.00 bits per heavy atom. The molecular formula is C25H36O16. The zero-order chi connectivity index (χ0) is 32.9. The van der Waals surface area contributed by atoms with E-state index in [4.69, 9.17) is 50.1 Å². The molecule has 0 bridgehead atoms. The van der Waals surface area contributed by atoms with E-state index < -0.39 is 90.8 Å². The first-order chi connectivity index (χ1) is 19.7. The highest BCUT2D eigenvalue weighted by molar-refractivity contribution is 5.69. The van der Waals surface area contributed by atoms with E-state index in [1.54, 1.807) is 13.8 Å². The second-order valence-corrected chi connectivity index (χ2v) is 9.37. The molecule has 3 saturated heterocycles. The molecule has 8 atom stereocenters. The number of ether oxygens (including phenoxy) is 10. The Kier molecular flexibility index (Phi) is 10.8. The molecule has 0 aromatic heterocycles. The summed E-state index contributed by atoms with van der Waals surface area (Å²) in [5.74, 6) is -5.11. The van der Waals surface area contributed by atoms with Crippen molar-refractivity contribution in [1.82, 2.24) is 0 Å². The fourth-order valence-electron chi connectivity index (χ4n) is 3.87. The smallest absolute Gasteiger partial charge is 0.305 e. The van der Waals surface area contributed by atoms with E-state index in [0.717, 1.165) is 27.7 Å². The van der Waals surface area contributed by atoms with Crippen molar-refractivity contribution in [3.8, 4) is 0 Å². The van der Waals surface area contributed by atoms with Gasteiger partial charge in [-0.15, -0.1) is 0 Å². The average Bonchev–Trinajstić information content (AvgIpc) is 3.36. The molecule has 0 aliphatic carbocycles. The van der Waals surface area contributed by atoms with E-state index in [2.05, 4.69) is 0 Å². The first kappa shape index (κ1) is 30.6. The van der Waals surface area contributed by atoms with Crippen molar-refractivity contribution < 1.29 is 78.9 Å². The van der Waals surface area contributed by atoms with Crippen LogP contribution >= 0.6 is 0 Å². The van der Waals surface area contributed by atoms with E-state index in [9.17, 15) is 28.8 Å². The molecule has 2 unspecified atom stereocenters. The predicted octanol–water partition coefficient (Wildman–Crippen LogP) is 0.0585. The van der Waals surface area contributed by atoms with Gasteiger partial charge in [0.05, 0.1) is 0 Å². The van der Waals surface area contributed by atoms with Crippen LogP contribution in [-0.2, 0) is 76.1 Å². The maximum absolute atomic E-state index is 11.3. The van der Waals surface area contributed by atoms with Gasteiger partial charge in [-0.1, -0.05) is 0 Å². The maximum Gasteiger partial charge on any atom is 0.305 e. The van der Waals surface area contributed by atoms with Crippen molar-refractivity contribution in [2.24, 2.45) is 0 Å². The SMILES string of the molecule is [2H]C1(OC(C)=O)O[C@H](COC(C)=O)[C@@H](OC(C)=O)[C@H]1OC(C)=O.[2H]C1(OC(C)=O)O[C@H](COC(C)=O)[C@H]2OC(C)(C)O[C@H]21. The highest BCUT2D eigenvalue weighted by Crippen LogP contribution is 2.39. The van der Waals surface area contributed by atoms with Crippen LogP contribution in [0.3, 0.4) is 0 Å². The summed E-state index contributed by atoms with van der Waals surface area (Å²) < 4.78 is 67.3. The van der Waals surface area contributed by atoms with Crippen molar-refractivity contribution in [2.45, 2.75) is 110 Å². The van der Waals surface area contributed by atoms with Crippen LogP contribution in [-0.4, -0.2) is 104 Å². The number of hydrogen-bond acceptors (Lipinski definition) is 16. The Hall–Kier alpha value is -3.34. The molecule has 0 spiro atoms. The lowest BCUT2D eigenvalue weighted by atomic mass is 10.1. The Morgan fingerprint density at radius 1 is 0.585 bits per heavy atom. The van der Waals surface area contributed by atoms with Crippen molar-refractivity contribution in [1.29, 1.82) is 0 Å². The third kappa shape index (κ3) is 10.5. The minimum atomic E-state index is -2.43. The molecule has 3 rings (SSSR count). The Bertz CT molecular complexity index is 1100. The molecule has 16 nitrogen and oxygen atoms in total. The lowest BCUT2D eigenvalue weighted by Crippen LogP contribution is -2.42. The Labute approximate surface area is 238 Å². The van der Waals surface area contributed by atoms with Crippen LogP contribution in [0.25, 0.3) is 0 Å². The van der Waals surface area contributed by atoms with Gasteiger partial charge in [-0.05, 0) is 13.8 Å². The van der Waals surface area contributed by atoms with Crippen LogP contribution in [0.1, 0.15) is 58.1 Å². The molecule has 232 valence electrons. The highest BCUT2D eigenvalue weighted by atomic mass is 16.8. The zero-order valence-corrected chi connectivity index (χ0v) is 23.9. The van der Waals surface area contributed by atoms with Crippen LogP contribution in [0.4, 0.5) is 0 Å². The maximum atomic E-state index is 11.3. The summed E-state index contributed by atoms with van der Waals surface area (Å²) in [6, 6.07) is 0. The zero-order valence-electron chi connectivity index (χ0n) is 25.9. The van der Waals surface area contributed by atoms with Crippen LogP contribution < -0.4 is 0 Å². The van der Waals surface area contributed by atoms with Gasteiger partial charge in [0.25, 0.3) is 0 Å². The molecule has 3 aliphatic rings. The summed E-state index contributed by atoms with van der Waals surface area (Å²) in [5.41, 5.74) is 0. The van der Waals surface area contributed by atoms with Gasteiger partial charge in [0.15, 0.2) is 18.0 Å². The van der Waals surface area contributed by atoms with E-state index in [1.807, 2.05) is 0 Å². The summed E-state index contributed by atoms with van der Waals surface area (Å²) in [7, 11) is 0. The quantitative estimate of drug-likeness (QED) is 0.270.